The maximum atomic E-state index is 3.78. The molecule has 0 saturated heterocycles. The largest absolute Gasteiger partial charge is 0.313 e. The molecule has 0 amide bonds. The van der Waals surface area contributed by atoms with E-state index in [1.165, 1.54) is 49.7 Å². The molecule has 0 heterocycles. The lowest BCUT2D eigenvalue weighted by Gasteiger charge is -2.41. The summed E-state index contributed by atoms with van der Waals surface area (Å²) in [7, 11) is 0. The van der Waals surface area contributed by atoms with E-state index < -0.39 is 0 Å². The summed E-state index contributed by atoms with van der Waals surface area (Å²) in [5.74, 6) is 0.625. The molecule has 1 saturated carbocycles. The highest BCUT2D eigenvalue weighted by molar-refractivity contribution is 5.25. The molecule has 2 rings (SSSR count). The predicted octanol–water partition coefficient (Wildman–Crippen LogP) is 5.30. The minimum atomic E-state index is 0.477. The molecule has 1 aliphatic carbocycles. The Kier molecular flexibility index (Phi) is 5.87. The second kappa shape index (κ2) is 7.45. The summed E-state index contributed by atoms with van der Waals surface area (Å²) < 4.78 is 0. The summed E-state index contributed by atoms with van der Waals surface area (Å²) in [6.45, 7) is 10.3. The van der Waals surface area contributed by atoms with E-state index in [9.17, 15) is 0 Å². The van der Waals surface area contributed by atoms with Gasteiger partial charge in [-0.05, 0) is 48.3 Å². The first-order valence-electron chi connectivity index (χ1n) is 8.87. The maximum absolute atomic E-state index is 3.78. The van der Waals surface area contributed by atoms with Crippen LogP contribution in [0.15, 0.2) is 24.3 Å². The van der Waals surface area contributed by atoms with Crippen LogP contribution in [0.2, 0.25) is 0 Å². The van der Waals surface area contributed by atoms with Gasteiger partial charge in [0, 0.05) is 6.04 Å². The summed E-state index contributed by atoms with van der Waals surface area (Å²) in [6, 6.07) is 9.92. The number of benzene rings is 1. The molecule has 0 spiro atoms. The van der Waals surface area contributed by atoms with E-state index in [4.69, 9.17) is 0 Å². The van der Waals surface area contributed by atoms with Gasteiger partial charge in [0.1, 0.15) is 0 Å². The molecule has 0 aliphatic heterocycles. The molecule has 1 heteroatoms. The number of nitrogens with one attached hydrogen (secondary N) is 1. The van der Waals surface area contributed by atoms with Crippen molar-refractivity contribution in [1.29, 1.82) is 0 Å². The van der Waals surface area contributed by atoms with Gasteiger partial charge < -0.3 is 5.32 Å². The SMILES string of the molecule is CCNC(Cc1ccc(C(C)C)cc1)C1(C)CCCCC1. The molecule has 1 aliphatic rings. The van der Waals surface area contributed by atoms with Crippen molar-refractivity contribution in [3.05, 3.63) is 35.4 Å². The van der Waals surface area contributed by atoms with Gasteiger partial charge >= 0.3 is 0 Å². The maximum Gasteiger partial charge on any atom is 0.0161 e. The first-order chi connectivity index (χ1) is 10.0. The molecule has 0 aromatic heterocycles. The van der Waals surface area contributed by atoms with Gasteiger partial charge in [-0.15, -0.1) is 0 Å². The first-order valence-corrected chi connectivity index (χ1v) is 8.87. The minimum Gasteiger partial charge on any atom is -0.313 e. The monoisotopic (exact) mass is 287 g/mol. The third kappa shape index (κ3) is 4.32. The zero-order chi connectivity index (χ0) is 15.3. The van der Waals surface area contributed by atoms with Gasteiger partial charge in [-0.1, -0.05) is 71.2 Å². The zero-order valence-corrected chi connectivity index (χ0v) is 14.4. The van der Waals surface area contributed by atoms with Gasteiger partial charge in [0.25, 0.3) is 0 Å². The number of rotatable bonds is 6. The van der Waals surface area contributed by atoms with Crippen molar-refractivity contribution in [3.63, 3.8) is 0 Å². The van der Waals surface area contributed by atoms with Gasteiger partial charge in [0.05, 0.1) is 0 Å². The minimum absolute atomic E-state index is 0.477. The lowest BCUT2D eigenvalue weighted by Crippen LogP contribution is -2.46. The fraction of sp³-hybridized carbons (Fsp3) is 0.700. The topological polar surface area (TPSA) is 12.0 Å². The normalized spacial score (nSPS) is 19.7. The summed E-state index contributed by atoms with van der Waals surface area (Å²) in [6.07, 6.45) is 8.18. The lowest BCUT2D eigenvalue weighted by molar-refractivity contribution is 0.145. The van der Waals surface area contributed by atoms with Gasteiger partial charge in [0.15, 0.2) is 0 Å². The molecule has 1 unspecified atom stereocenters. The average molecular weight is 287 g/mol. The predicted molar refractivity (Wildman–Crippen MR) is 92.9 cm³/mol. The van der Waals surface area contributed by atoms with Crippen LogP contribution in [0.4, 0.5) is 0 Å². The molecule has 1 nitrogen and oxygen atoms in total. The molecular weight excluding hydrogens is 254 g/mol. The first kappa shape index (κ1) is 16.5. The summed E-state index contributed by atoms with van der Waals surface area (Å²) in [4.78, 5) is 0. The van der Waals surface area contributed by atoms with Crippen molar-refractivity contribution in [2.75, 3.05) is 6.54 Å². The van der Waals surface area contributed by atoms with E-state index >= 15 is 0 Å². The molecule has 21 heavy (non-hydrogen) atoms. The van der Waals surface area contributed by atoms with E-state index in [1.807, 2.05) is 0 Å². The quantitative estimate of drug-likeness (QED) is 0.748. The van der Waals surface area contributed by atoms with E-state index in [1.54, 1.807) is 0 Å². The van der Waals surface area contributed by atoms with Crippen LogP contribution in [0, 0.1) is 5.41 Å². The van der Waals surface area contributed by atoms with Crippen LogP contribution in [0.3, 0.4) is 0 Å². The Morgan fingerprint density at radius 3 is 2.19 bits per heavy atom. The van der Waals surface area contributed by atoms with E-state index in [0.29, 0.717) is 17.4 Å². The Balaban J connectivity index is 2.08. The van der Waals surface area contributed by atoms with Gasteiger partial charge in [-0.2, -0.15) is 0 Å². The van der Waals surface area contributed by atoms with Crippen LogP contribution in [0.5, 0.6) is 0 Å². The van der Waals surface area contributed by atoms with Crippen LogP contribution >= 0.6 is 0 Å². The standard InChI is InChI=1S/C20H33N/c1-5-21-19(20(4)13-7-6-8-14-20)15-17-9-11-18(12-10-17)16(2)3/h9-12,16,19,21H,5-8,13-15H2,1-4H3. The third-order valence-corrected chi connectivity index (χ3v) is 5.37. The Morgan fingerprint density at radius 1 is 1.05 bits per heavy atom. The van der Waals surface area contributed by atoms with Gasteiger partial charge in [0.2, 0.25) is 0 Å². The highest BCUT2D eigenvalue weighted by Gasteiger charge is 2.34. The van der Waals surface area contributed by atoms with Crippen LogP contribution in [0.1, 0.15) is 76.8 Å². The van der Waals surface area contributed by atoms with E-state index in [2.05, 4.69) is 57.3 Å². The molecule has 0 bridgehead atoms. The Hall–Kier alpha value is -0.820. The van der Waals surface area contributed by atoms with Crippen LogP contribution < -0.4 is 5.32 Å². The number of hydrogen-bond acceptors (Lipinski definition) is 1. The molecule has 1 N–H and O–H groups in total. The molecule has 1 atom stereocenters. The number of likely N-dealkylation sites (N-methyl/N-ethyl adjacent to an activating group) is 1. The Bertz CT molecular complexity index is 412. The Morgan fingerprint density at radius 2 is 1.67 bits per heavy atom. The Labute approximate surface area is 131 Å². The smallest absolute Gasteiger partial charge is 0.0161 e. The molecule has 1 aromatic rings. The van der Waals surface area contributed by atoms with Crippen LogP contribution in [-0.4, -0.2) is 12.6 Å². The van der Waals surface area contributed by atoms with Crippen LogP contribution in [-0.2, 0) is 6.42 Å². The fourth-order valence-corrected chi connectivity index (χ4v) is 3.79. The molecule has 118 valence electrons. The van der Waals surface area contributed by atoms with Gasteiger partial charge in [-0.25, -0.2) is 0 Å². The second-order valence-electron chi connectivity index (χ2n) is 7.43. The molecule has 1 fully saturated rings. The van der Waals surface area contributed by atoms with Crippen molar-refractivity contribution in [1.82, 2.24) is 5.32 Å². The third-order valence-electron chi connectivity index (χ3n) is 5.37. The van der Waals surface area contributed by atoms with Crippen molar-refractivity contribution < 1.29 is 0 Å². The van der Waals surface area contributed by atoms with Crippen molar-refractivity contribution in [2.24, 2.45) is 5.41 Å². The van der Waals surface area contributed by atoms with E-state index in [-0.39, 0.29) is 0 Å². The molecule has 0 radical (unpaired) electrons. The van der Waals surface area contributed by atoms with Crippen molar-refractivity contribution in [2.45, 2.75) is 78.2 Å². The highest BCUT2D eigenvalue weighted by atomic mass is 14.9. The summed E-state index contributed by atoms with van der Waals surface area (Å²) >= 11 is 0. The molecule has 1 aromatic carbocycles. The zero-order valence-electron chi connectivity index (χ0n) is 14.4. The summed E-state index contributed by atoms with van der Waals surface area (Å²) in [5.41, 5.74) is 3.41. The van der Waals surface area contributed by atoms with E-state index in [0.717, 1.165) is 6.54 Å². The van der Waals surface area contributed by atoms with Gasteiger partial charge in [-0.3, -0.25) is 0 Å². The lowest BCUT2D eigenvalue weighted by atomic mass is 9.69. The summed E-state index contributed by atoms with van der Waals surface area (Å²) in [5, 5.41) is 3.78. The highest BCUT2D eigenvalue weighted by Crippen LogP contribution is 2.39. The average Bonchev–Trinajstić information content (AvgIpc) is 2.48. The van der Waals surface area contributed by atoms with Crippen molar-refractivity contribution in [3.8, 4) is 0 Å². The van der Waals surface area contributed by atoms with Crippen LogP contribution in [0.25, 0.3) is 0 Å². The number of hydrogen-bond donors (Lipinski definition) is 1. The fourth-order valence-electron chi connectivity index (χ4n) is 3.79. The van der Waals surface area contributed by atoms with Crippen molar-refractivity contribution >= 4 is 0 Å². The molecular formula is C20H33N. The second-order valence-corrected chi connectivity index (χ2v) is 7.43.